The van der Waals surface area contributed by atoms with Crippen LogP contribution in [0.3, 0.4) is 0 Å². The summed E-state index contributed by atoms with van der Waals surface area (Å²) in [6.45, 7) is 0. The molecule has 0 aliphatic rings. The second kappa shape index (κ2) is 4.70. The van der Waals surface area contributed by atoms with Crippen molar-refractivity contribution in [2.24, 2.45) is 0 Å². The lowest BCUT2D eigenvalue weighted by Crippen LogP contribution is -1.96. The second-order valence-electron chi connectivity index (χ2n) is 3.72. The van der Waals surface area contributed by atoms with Gasteiger partial charge in [-0.3, -0.25) is 4.98 Å². The minimum Gasteiger partial charge on any atom is -0.339 e. The van der Waals surface area contributed by atoms with E-state index in [4.69, 9.17) is 0 Å². The summed E-state index contributed by atoms with van der Waals surface area (Å²) in [5.74, 6) is 0.737. The number of halogens is 1. The minimum absolute atomic E-state index is 0.737. The van der Waals surface area contributed by atoms with Crippen molar-refractivity contribution < 1.29 is 0 Å². The van der Waals surface area contributed by atoms with Crippen molar-refractivity contribution in [1.29, 1.82) is 0 Å². The molecule has 0 saturated heterocycles. The predicted octanol–water partition coefficient (Wildman–Crippen LogP) is 3.53. The number of hydrogen-bond acceptors (Lipinski definition) is 4. The lowest BCUT2D eigenvalue weighted by molar-refractivity contribution is 1.15. The van der Waals surface area contributed by atoms with Crippen LogP contribution in [-0.4, -0.2) is 15.0 Å². The lowest BCUT2D eigenvalue weighted by atomic mass is 10.2. The Labute approximate surface area is 112 Å². The molecular weight excluding hydrogens is 292 g/mol. The highest BCUT2D eigenvalue weighted by atomic mass is 79.9. The van der Waals surface area contributed by atoms with E-state index in [0.29, 0.717) is 0 Å². The van der Waals surface area contributed by atoms with Gasteiger partial charge in [-0.1, -0.05) is 6.07 Å². The van der Waals surface area contributed by atoms with Gasteiger partial charge in [0, 0.05) is 23.5 Å². The van der Waals surface area contributed by atoms with Gasteiger partial charge in [0.15, 0.2) is 0 Å². The molecule has 4 nitrogen and oxygen atoms in total. The van der Waals surface area contributed by atoms with Crippen LogP contribution in [-0.2, 0) is 0 Å². The van der Waals surface area contributed by atoms with Gasteiger partial charge in [0.05, 0.1) is 9.99 Å². The number of aromatic nitrogens is 3. The van der Waals surface area contributed by atoms with E-state index in [1.165, 1.54) is 6.33 Å². The van der Waals surface area contributed by atoms with Gasteiger partial charge in [0.25, 0.3) is 0 Å². The number of hydrogen-bond donors (Lipinski definition) is 1. The van der Waals surface area contributed by atoms with Crippen molar-refractivity contribution in [3.63, 3.8) is 0 Å². The summed E-state index contributed by atoms with van der Waals surface area (Å²) >= 11 is 3.41. The SMILES string of the molecule is Brc1cncnc1Nc1cccc2ncccc12. The van der Waals surface area contributed by atoms with Crippen LogP contribution in [0.4, 0.5) is 11.5 Å². The van der Waals surface area contributed by atoms with Crippen molar-refractivity contribution in [3.8, 4) is 0 Å². The molecule has 0 fully saturated rings. The first-order valence-electron chi connectivity index (χ1n) is 5.41. The Kier molecular flexibility index (Phi) is 2.90. The molecule has 0 spiro atoms. The largest absolute Gasteiger partial charge is 0.339 e. The molecule has 1 N–H and O–H groups in total. The van der Waals surface area contributed by atoms with Crippen LogP contribution in [0.25, 0.3) is 10.9 Å². The molecule has 0 saturated carbocycles. The number of rotatable bonds is 2. The molecule has 1 aromatic carbocycles. The molecule has 0 bridgehead atoms. The minimum atomic E-state index is 0.737. The summed E-state index contributed by atoms with van der Waals surface area (Å²) in [6.07, 6.45) is 5.00. The lowest BCUT2D eigenvalue weighted by Gasteiger charge is -2.09. The fourth-order valence-electron chi connectivity index (χ4n) is 1.74. The van der Waals surface area contributed by atoms with E-state index in [9.17, 15) is 0 Å². The molecule has 3 aromatic rings. The van der Waals surface area contributed by atoms with Gasteiger partial charge in [-0.05, 0) is 40.2 Å². The molecule has 2 heterocycles. The molecule has 0 unspecified atom stereocenters. The van der Waals surface area contributed by atoms with Gasteiger partial charge in [-0.15, -0.1) is 0 Å². The molecular formula is C13H9BrN4. The van der Waals surface area contributed by atoms with E-state index in [1.54, 1.807) is 12.4 Å². The molecule has 0 aliphatic carbocycles. The second-order valence-corrected chi connectivity index (χ2v) is 4.57. The van der Waals surface area contributed by atoms with Crippen LogP contribution in [0.1, 0.15) is 0 Å². The summed E-state index contributed by atoms with van der Waals surface area (Å²) in [6, 6.07) is 9.89. The van der Waals surface area contributed by atoms with Crippen molar-refractivity contribution >= 4 is 38.3 Å². The number of nitrogens with zero attached hydrogens (tertiary/aromatic N) is 3. The Bertz CT molecular complexity index is 694. The predicted molar refractivity (Wildman–Crippen MR) is 74.8 cm³/mol. The Morgan fingerprint density at radius 2 is 2.00 bits per heavy atom. The topological polar surface area (TPSA) is 50.7 Å². The first-order chi connectivity index (χ1) is 8.84. The molecule has 0 atom stereocenters. The van der Waals surface area contributed by atoms with E-state index in [2.05, 4.69) is 36.2 Å². The van der Waals surface area contributed by atoms with Crippen LogP contribution < -0.4 is 5.32 Å². The number of nitrogens with one attached hydrogen (secondary N) is 1. The van der Waals surface area contributed by atoms with Gasteiger partial charge in [0.1, 0.15) is 12.1 Å². The summed E-state index contributed by atoms with van der Waals surface area (Å²) < 4.78 is 0.825. The van der Waals surface area contributed by atoms with E-state index in [0.717, 1.165) is 26.9 Å². The van der Waals surface area contributed by atoms with Gasteiger partial charge < -0.3 is 5.32 Å². The third-order valence-electron chi connectivity index (χ3n) is 2.57. The zero-order valence-corrected chi connectivity index (χ0v) is 10.9. The normalized spacial score (nSPS) is 10.5. The zero-order valence-electron chi connectivity index (χ0n) is 9.34. The van der Waals surface area contributed by atoms with Crippen molar-refractivity contribution in [2.75, 3.05) is 5.32 Å². The number of anilines is 2. The smallest absolute Gasteiger partial charge is 0.148 e. The van der Waals surface area contributed by atoms with Crippen LogP contribution >= 0.6 is 15.9 Å². The average molecular weight is 301 g/mol. The Balaban J connectivity index is 2.08. The monoisotopic (exact) mass is 300 g/mol. The highest BCUT2D eigenvalue weighted by Gasteiger charge is 2.04. The van der Waals surface area contributed by atoms with Crippen LogP contribution in [0, 0.1) is 0 Å². The van der Waals surface area contributed by atoms with Gasteiger partial charge in [0.2, 0.25) is 0 Å². The molecule has 18 heavy (non-hydrogen) atoms. The summed E-state index contributed by atoms with van der Waals surface area (Å²) in [5.41, 5.74) is 1.92. The molecule has 3 rings (SSSR count). The van der Waals surface area contributed by atoms with E-state index < -0.39 is 0 Å². The Morgan fingerprint density at radius 3 is 2.89 bits per heavy atom. The van der Waals surface area contributed by atoms with Crippen molar-refractivity contribution in [1.82, 2.24) is 15.0 Å². The maximum Gasteiger partial charge on any atom is 0.148 e. The summed E-state index contributed by atoms with van der Waals surface area (Å²) in [5, 5.41) is 4.34. The highest BCUT2D eigenvalue weighted by molar-refractivity contribution is 9.10. The third-order valence-corrected chi connectivity index (χ3v) is 3.15. The number of pyridine rings is 1. The Morgan fingerprint density at radius 1 is 1.06 bits per heavy atom. The third kappa shape index (κ3) is 2.04. The zero-order chi connectivity index (χ0) is 12.4. The maximum atomic E-state index is 4.32. The van der Waals surface area contributed by atoms with E-state index in [-0.39, 0.29) is 0 Å². The number of fused-ring (bicyclic) bond motifs is 1. The summed E-state index contributed by atoms with van der Waals surface area (Å²) in [4.78, 5) is 12.5. The van der Waals surface area contributed by atoms with E-state index in [1.807, 2.05) is 30.3 Å². The molecule has 0 aliphatic heterocycles. The van der Waals surface area contributed by atoms with Gasteiger partial charge >= 0.3 is 0 Å². The quantitative estimate of drug-likeness (QED) is 0.786. The Hall–Kier alpha value is -2.01. The fourth-order valence-corrected chi connectivity index (χ4v) is 2.06. The molecule has 88 valence electrons. The average Bonchev–Trinajstić information content (AvgIpc) is 2.42. The van der Waals surface area contributed by atoms with Crippen LogP contribution in [0.2, 0.25) is 0 Å². The summed E-state index contributed by atoms with van der Waals surface area (Å²) in [7, 11) is 0. The van der Waals surface area contributed by atoms with Crippen LogP contribution in [0.5, 0.6) is 0 Å². The van der Waals surface area contributed by atoms with Gasteiger partial charge in [-0.2, -0.15) is 0 Å². The molecule has 5 heteroatoms. The van der Waals surface area contributed by atoms with Crippen LogP contribution in [0.15, 0.2) is 53.5 Å². The maximum absolute atomic E-state index is 4.32. The number of benzene rings is 1. The highest BCUT2D eigenvalue weighted by Crippen LogP contribution is 2.27. The first-order valence-corrected chi connectivity index (χ1v) is 6.20. The van der Waals surface area contributed by atoms with Crippen molar-refractivity contribution in [2.45, 2.75) is 0 Å². The van der Waals surface area contributed by atoms with Gasteiger partial charge in [-0.25, -0.2) is 9.97 Å². The fraction of sp³-hybridized carbons (Fsp3) is 0. The van der Waals surface area contributed by atoms with E-state index >= 15 is 0 Å². The molecule has 2 aromatic heterocycles. The first kappa shape index (κ1) is 11.1. The van der Waals surface area contributed by atoms with Crippen molar-refractivity contribution in [3.05, 3.63) is 53.5 Å². The molecule has 0 amide bonds. The standard InChI is InChI=1S/C13H9BrN4/c14-10-7-15-8-17-13(10)18-12-5-1-4-11-9(12)3-2-6-16-11/h1-8H,(H,15,17,18). The molecule has 0 radical (unpaired) electrons.